The van der Waals surface area contributed by atoms with Gasteiger partial charge in [-0.2, -0.15) is 0 Å². The van der Waals surface area contributed by atoms with Gasteiger partial charge in [-0.25, -0.2) is 0 Å². The Morgan fingerprint density at radius 2 is 1.74 bits per heavy atom. The van der Waals surface area contributed by atoms with E-state index >= 15 is 0 Å². The number of hydrogen-bond donors (Lipinski definition) is 1. The number of methoxy groups -OCH3 is 1. The van der Waals surface area contributed by atoms with E-state index in [-0.39, 0.29) is 18.4 Å². The Morgan fingerprint density at radius 3 is 2.37 bits per heavy atom. The van der Waals surface area contributed by atoms with Gasteiger partial charge in [0.2, 0.25) is 5.91 Å². The van der Waals surface area contributed by atoms with Crippen LogP contribution in [0.2, 0.25) is 0 Å². The van der Waals surface area contributed by atoms with E-state index in [9.17, 15) is 9.59 Å². The zero-order valence-corrected chi connectivity index (χ0v) is 16.2. The van der Waals surface area contributed by atoms with E-state index in [4.69, 9.17) is 9.47 Å². The maximum Gasteiger partial charge on any atom is 0.262 e. The van der Waals surface area contributed by atoms with Crippen molar-refractivity contribution in [1.29, 1.82) is 0 Å². The number of carbonyl (C=O) groups excluding carboxylic acids is 2. The van der Waals surface area contributed by atoms with Crippen LogP contribution in [0.4, 0.5) is 5.69 Å². The second-order valence-electron chi connectivity index (χ2n) is 6.48. The number of anilines is 1. The lowest BCUT2D eigenvalue weighted by molar-refractivity contribution is -0.128. The first-order valence-corrected chi connectivity index (χ1v) is 8.75. The summed E-state index contributed by atoms with van der Waals surface area (Å²) in [6.07, 6.45) is 1.13. The van der Waals surface area contributed by atoms with Crippen molar-refractivity contribution in [2.45, 2.75) is 19.8 Å². The Labute approximate surface area is 160 Å². The van der Waals surface area contributed by atoms with E-state index in [1.807, 2.05) is 43.3 Å². The lowest BCUT2D eigenvalue weighted by atomic mass is 10.1. The molecule has 0 aliphatic carbocycles. The summed E-state index contributed by atoms with van der Waals surface area (Å²) >= 11 is 0. The molecule has 144 valence electrons. The fourth-order valence-corrected chi connectivity index (χ4v) is 2.46. The SMILES string of the molecule is COc1cc(C)ccc1OCC(=O)Nc1ccc(CCC(=O)N(C)C)cc1. The average molecular weight is 370 g/mol. The molecule has 0 atom stereocenters. The zero-order valence-electron chi connectivity index (χ0n) is 16.2. The number of hydrogen-bond acceptors (Lipinski definition) is 4. The number of nitrogens with zero attached hydrogens (tertiary/aromatic N) is 1. The van der Waals surface area contributed by atoms with Crippen molar-refractivity contribution < 1.29 is 19.1 Å². The number of nitrogens with one attached hydrogen (secondary N) is 1. The Morgan fingerprint density at radius 1 is 1.04 bits per heavy atom. The number of aryl methyl sites for hydroxylation is 2. The highest BCUT2D eigenvalue weighted by Crippen LogP contribution is 2.27. The van der Waals surface area contributed by atoms with Gasteiger partial charge in [-0.15, -0.1) is 0 Å². The van der Waals surface area contributed by atoms with E-state index in [1.165, 1.54) is 0 Å². The van der Waals surface area contributed by atoms with E-state index in [0.717, 1.165) is 11.1 Å². The van der Waals surface area contributed by atoms with Gasteiger partial charge in [-0.05, 0) is 48.7 Å². The normalized spacial score (nSPS) is 10.2. The molecule has 1 N–H and O–H groups in total. The van der Waals surface area contributed by atoms with Crippen LogP contribution in [0.15, 0.2) is 42.5 Å². The fourth-order valence-electron chi connectivity index (χ4n) is 2.46. The number of rotatable bonds is 8. The molecule has 0 fully saturated rings. The summed E-state index contributed by atoms with van der Waals surface area (Å²) < 4.78 is 10.8. The lowest BCUT2D eigenvalue weighted by Crippen LogP contribution is -2.21. The molecule has 0 aliphatic rings. The number of amides is 2. The summed E-state index contributed by atoms with van der Waals surface area (Å²) in [5, 5.41) is 2.79. The van der Waals surface area contributed by atoms with Gasteiger partial charge in [0, 0.05) is 26.2 Å². The first-order valence-electron chi connectivity index (χ1n) is 8.75. The van der Waals surface area contributed by atoms with E-state index in [2.05, 4.69) is 5.32 Å². The monoisotopic (exact) mass is 370 g/mol. The Kier molecular flexibility index (Phi) is 7.23. The quantitative estimate of drug-likeness (QED) is 0.776. The highest BCUT2D eigenvalue weighted by molar-refractivity contribution is 5.91. The molecule has 0 bridgehead atoms. The first kappa shape index (κ1) is 20.3. The third-order valence-electron chi connectivity index (χ3n) is 4.04. The van der Waals surface area contributed by atoms with Gasteiger partial charge in [-0.1, -0.05) is 18.2 Å². The second-order valence-corrected chi connectivity index (χ2v) is 6.48. The van der Waals surface area contributed by atoms with E-state index in [1.54, 1.807) is 32.2 Å². The Bertz CT molecular complexity index is 785. The number of carbonyl (C=O) groups is 2. The van der Waals surface area contributed by atoms with Crippen LogP contribution in [-0.2, 0) is 16.0 Å². The molecule has 0 heterocycles. The lowest BCUT2D eigenvalue weighted by Gasteiger charge is -2.12. The predicted octanol–water partition coefficient (Wildman–Crippen LogP) is 3.04. The summed E-state index contributed by atoms with van der Waals surface area (Å²) in [6, 6.07) is 13.0. The zero-order chi connectivity index (χ0) is 19.8. The van der Waals surface area contributed by atoms with Crippen molar-refractivity contribution in [3.05, 3.63) is 53.6 Å². The maximum atomic E-state index is 12.1. The summed E-state index contributed by atoms with van der Waals surface area (Å²) in [7, 11) is 5.06. The van der Waals surface area contributed by atoms with Crippen molar-refractivity contribution in [2.24, 2.45) is 0 Å². The molecule has 2 aromatic rings. The molecule has 0 spiro atoms. The van der Waals surface area contributed by atoms with Crippen molar-refractivity contribution in [2.75, 3.05) is 33.1 Å². The Balaban J connectivity index is 1.84. The third-order valence-corrected chi connectivity index (χ3v) is 4.04. The molecule has 0 unspecified atom stereocenters. The first-order chi connectivity index (χ1) is 12.9. The minimum atomic E-state index is -0.256. The molecular formula is C21H26N2O4. The van der Waals surface area contributed by atoms with Crippen molar-refractivity contribution in [3.8, 4) is 11.5 Å². The van der Waals surface area contributed by atoms with Gasteiger partial charge < -0.3 is 19.7 Å². The topological polar surface area (TPSA) is 67.9 Å². The minimum Gasteiger partial charge on any atom is -0.493 e. The smallest absolute Gasteiger partial charge is 0.262 e. The van der Waals surface area contributed by atoms with Gasteiger partial charge >= 0.3 is 0 Å². The van der Waals surface area contributed by atoms with Crippen molar-refractivity contribution in [1.82, 2.24) is 4.90 Å². The van der Waals surface area contributed by atoms with Crippen molar-refractivity contribution in [3.63, 3.8) is 0 Å². The molecule has 2 rings (SSSR count). The standard InChI is InChI=1S/C21H26N2O4/c1-15-5-11-18(19(13-15)26-4)27-14-20(24)22-17-9-6-16(7-10-17)8-12-21(25)23(2)3/h5-7,9-11,13H,8,12,14H2,1-4H3,(H,22,24). The number of ether oxygens (including phenoxy) is 2. The van der Waals surface area contributed by atoms with Gasteiger partial charge in [0.1, 0.15) is 0 Å². The third kappa shape index (κ3) is 6.33. The van der Waals surface area contributed by atoms with Gasteiger partial charge in [-0.3, -0.25) is 9.59 Å². The summed E-state index contributed by atoms with van der Waals surface area (Å²) in [6.45, 7) is 1.84. The molecule has 0 saturated heterocycles. The van der Waals surface area contributed by atoms with E-state index in [0.29, 0.717) is 30.0 Å². The minimum absolute atomic E-state index is 0.0936. The van der Waals surface area contributed by atoms with Gasteiger partial charge in [0.25, 0.3) is 5.91 Å². The van der Waals surface area contributed by atoms with Crippen LogP contribution in [0.3, 0.4) is 0 Å². The van der Waals surface area contributed by atoms with Crippen LogP contribution in [0.5, 0.6) is 11.5 Å². The molecule has 6 nitrogen and oxygen atoms in total. The maximum absolute atomic E-state index is 12.1. The molecule has 6 heteroatoms. The molecule has 0 radical (unpaired) electrons. The highest BCUT2D eigenvalue weighted by Gasteiger charge is 2.09. The summed E-state index contributed by atoms with van der Waals surface area (Å²) in [5.74, 6) is 0.961. The molecular weight excluding hydrogens is 344 g/mol. The fraction of sp³-hybridized carbons (Fsp3) is 0.333. The Hall–Kier alpha value is -3.02. The average Bonchev–Trinajstić information content (AvgIpc) is 2.65. The van der Waals surface area contributed by atoms with Crippen LogP contribution < -0.4 is 14.8 Å². The van der Waals surface area contributed by atoms with Crippen LogP contribution in [-0.4, -0.2) is 44.5 Å². The highest BCUT2D eigenvalue weighted by atomic mass is 16.5. The molecule has 0 saturated carbocycles. The van der Waals surface area contributed by atoms with E-state index < -0.39 is 0 Å². The van der Waals surface area contributed by atoms with Crippen LogP contribution in [0, 0.1) is 6.92 Å². The molecule has 2 aromatic carbocycles. The summed E-state index contributed by atoms with van der Waals surface area (Å²) in [4.78, 5) is 25.3. The van der Waals surface area contributed by atoms with Crippen LogP contribution >= 0.6 is 0 Å². The number of benzene rings is 2. The van der Waals surface area contributed by atoms with Gasteiger partial charge in [0.05, 0.1) is 7.11 Å². The van der Waals surface area contributed by atoms with Crippen LogP contribution in [0.1, 0.15) is 17.5 Å². The summed E-state index contributed by atoms with van der Waals surface area (Å²) in [5.41, 5.74) is 2.78. The second kappa shape index (κ2) is 9.62. The predicted molar refractivity (Wildman–Crippen MR) is 105 cm³/mol. The molecule has 0 aromatic heterocycles. The van der Waals surface area contributed by atoms with Crippen LogP contribution in [0.25, 0.3) is 0 Å². The molecule has 27 heavy (non-hydrogen) atoms. The largest absolute Gasteiger partial charge is 0.493 e. The van der Waals surface area contributed by atoms with Gasteiger partial charge in [0.15, 0.2) is 18.1 Å². The molecule has 0 aliphatic heterocycles. The molecule has 2 amide bonds. The van der Waals surface area contributed by atoms with Crippen molar-refractivity contribution >= 4 is 17.5 Å².